The average molecular weight is 419 g/mol. The molecule has 1 aliphatic heterocycles. The molecule has 2 fully saturated rings. The summed E-state index contributed by atoms with van der Waals surface area (Å²) in [6.07, 6.45) is 2.89. The number of likely N-dealkylation sites (N-methyl/N-ethyl adjacent to an activating group) is 1. The maximum Gasteiger partial charge on any atom is 0.252 e. The summed E-state index contributed by atoms with van der Waals surface area (Å²) in [4.78, 5) is 15.5. The van der Waals surface area contributed by atoms with Crippen LogP contribution in [0.5, 0.6) is 5.75 Å². The van der Waals surface area contributed by atoms with Crippen molar-refractivity contribution in [3.63, 3.8) is 0 Å². The van der Waals surface area contributed by atoms with Gasteiger partial charge >= 0.3 is 0 Å². The molecule has 3 aromatic carbocycles. The van der Waals surface area contributed by atoms with Crippen LogP contribution in [0.3, 0.4) is 0 Å². The Hall–Kier alpha value is -2.92. The number of amides is 1. The van der Waals surface area contributed by atoms with Crippen molar-refractivity contribution in [1.82, 2.24) is 10.2 Å². The third-order valence-corrected chi connectivity index (χ3v) is 6.80. The third kappa shape index (κ3) is 3.79. The normalized spacial score (nSPS) is 19.6. The second-order valence-corrected chi connectivity index (χ2v) is 8.92. The number of hydrogen-bond donors (Lipinski definition) is 1. The number of rotatable bonds is 6. The molecule has 1 heterocycles. The van der Waals surface area contributed by atoms with Gasteiger partial charge in [-0.1, -0.05) is 30.3 Å². The van der Waals surface area contributed by atoms with Gasteiger partial charge in [0, 0.05) is 11.6 Å². The number of halogens is 1. The Labute approximate surface area is 182 Å². The minimum atomic E-state index is -0.396. The molecule has 1 amide bonds. The number of aryl methyl sites for hydroxylation is 1. The number of ether oxygens (including phenoxy) is 1. The quantitative estimate of drug-likeness (QED) is 0.626. The van der Waals surface area contributed by atoms with Crippen molar-refractivity contribution in [2.45, 2.75) is 37.8 Å². The Kier molecular flexibility index (Phi) is 4.94. The summed E-state index contributed by atoms with van der Waals surface area (Å²) in [6.45, 7) is 3.69. The standard InChI is InChI=1S/C26H27FN2O2/c1-17-6-8-21(31-16-20-10-13-29(20)2)15-23(17)25(30)28-26(11-12-26)24-5-3-4-18-14-19(27)7-9-22(18)24/h3-9,14-15,20H,10-13,16H2,1-2H3,(H,28,30). The molecule has 0 aromatic heterocycles. The van der Waals surface area contributed by atoms with Gasteiger partial charge in [0.15, 0.2) is 0 Å². The predicted molar refractivity (Wildman–Crippen MR) is 120 cm³/mol. The van der Waals surface area contributed by atoms with Crippen LogP contribution >= 0.6 is 0 Å². The SMILES string of the molecule is Cc1ccc(OCC2CCN2C)cc1C(=O)NC1(c2cccc3cc(F)ccc23)CC1. The largest absolute Gasteiger partial charge is 0.492 e. The van der Waals surface area contributed by atoms with Crippen LogP contribution in [0.2, 0.25) is 0 Å². The van der Waals surface area contributed by atoms with Gasteiger partial charge in [0.25, 0.3) is 5.91 Å². The van der Waals surface area contributed by atoms with Gasteiger partial charge in [-0.25, -0.2) is 4.39 Å². The van der Waals surface area contributed by atoms with Crippen molar-refractivity contribution < 1.29 is 13.9 Å². The minimum Gasteiger partial charge on any atom is -0.492 e. The molecule has 1 saturated carbocycles. The van der Waals surface area contributed by atoms with Crippen molar-refractivity contribution in [2.75, 3.05) is 20.2 Å². The van der Waals surface area contributed by atoms with Gasteiger partial charge in [0.1, 0.15) is 18.2 Å². The van der Waals surface area contributed by atoms with Crippen LogP contribution in [-0.2, 0) is 5.54 Å². The van der Waals surface area contributed by atoms with E-state index in [0.29, 0.717) is 18.2 Å². The average Bonchev–Trinajstić information content (AvgIpc) is 3.53. The van der Waals surface area contributed by atoms with E-state index >= 15 is 0 Å². The summed E-state index contributed by atoms with van der Waals surface area (Å²) >= 11 is 0. The van der Waals surface area contributed by atoms with E-state index in [2.05, 4.69) is 17.3 Å². The first-order valence-corrected chi connectivity index (χ1v) is 10.9. The van der Waals surface area contributed by atoms with Crippen LogP contribution in [0, 0.1) is 12.7 Å². The fourth-order valence-corrected chi connectivity index (χ4v) is 4.45. The van der Waals surface area contributed by atoms with E-state index in [1.54, 1.807) is 6.07 Å². The molecule has 31 heavy (non-hydrogen) atoms. The lowest BCUT2D eigenvalue weighted by Crippen LogP contribution is -2.48. The van der Waals surface area contributed by atoms with Crippen LogP contribution in [0.1, 0.15) is 40.7 Å². The summed E-state index contributed by atoms with van der Waals surface area (Å²) in [5.41, 5.74) is 2.21. The molecule has 1 aliphatic carbocycles. The molecule has 4 nitrogen and oxygen atoms in total. The molecular weight excluding hydrogens is 391 g/mol. The summed E-state index contributed by atoms with van der Waals surface area (Å²) in [5, 5.41) is 5.11. The Morgan fingerprint density at radius 3 is 2.74 bits per heavy atom. The van der Waals surface area contributed by atoms with E-state index in [0.717, 1.165) is 53.5 Å². The lowest BCUT2D eigenvalue weighted by atomic mass is 9.96. The fourth-order valence-electron chi connectivity index (χ4n) is 4.45. The van der Waals surface area contributed by atoms with E-state index in [9.17, 15) is 9.18 Å². The molecule has 2 aliphatic rings. The molecular formula is C26H27FN2O2. The number of fused-ring (bicyclic) bond motifs is 1. The van der Waals surface area contributed by atoms with E-state index in [4.69, 9.17) is 4.74 Å². The first-order valence-electron chi connectivity index (χ1n) is 10.9. The second-order valence-electron chi connectivity index (χ2n) is 8.92. The lowest BCUT2D eigenvalue weighted by Gasteiger charge is -2.37. The Morgan fingerprint density at radius 1 is 1.19 bits per heavy atom. The maximum absolute atomic E-state index is 13.7. The predicted octanol–water partition coefficient (Wildman–Crippen LogP) is 4.79. The van der Waals surface area contributed by atoms with Crippen LogP contribution in [0.4, 0.5) is 4.39 Å². The smallest absolute Gasteiger partial charge is 0.252 e. The Morgan fingerprint density at radius 2 is 2.03 bits per heavy atom. The van der Waals surface area contributed by atoms with Crippen LogP contribution in [-0.4, -0.2) is 37.0 Å². The fraction of sp³-hybridized carbons (Fsp3) is 0.346. The number of likely N-dealkylation sites (tertiary alicyclic amines) is 1. The monoisotopic (exact) mass is 418 g/mol. The van der Waals surface area contributed by atoms with Crippen molar-refractivity contribution in [1.29, 1.82) is 0 Å². The zero-order valence-electron chi connectivity index (χ0n) is 18.0. The molecule has 3 aromatic rings. The Balaban J connectivity index is 1.37. The van der Waals surface area contributed by atoms with Crippen LogP contribution < -0.4 is 10.1 Å². The summed E-state index contributed by atoms with van der Waals surface area (Å²) in [7, 11) is 2.10. The molecule has 5 rings (SSSR count). The summed E-state index contributed by atoms with van der Waals surface area (Å²) < 4.78 is 19.6. The molecule has 1 N–H and O–H groups in total. The highest BCUT2D eigenvalue weighted by atomic mass is 19.1. The number of nitrogens with zero attached hydrogens (tertiary/aromatic N) is 1. The lowest BCUT2D eigenvalue weighted by molar-refractivity contribution is 0.0767. The molecule has 1 unspecified atom stereocenters. The first-order chi connectivity index (χ1) is 14.9. The zero-order valence-corrected chi connectivity index (χ0v) is 18.0. The van der Waals surface area contributed by atoms with Crippen LogP contribution in [0.15, 0.2) is 54.6 Å². The van der Waals surface area contributed by atoms with Gasteiger partial charge in [-0.2, -0.15) is 0 Å². The molecule has 0 bridgehead atoms. The first kappa shape index (κ1) is 20.0. The highest BCUT2D eigenvalue weighted by Crippen LogP contribution is 2.48. The summed E-state index contributed by atoms with van der Waals surface area (Å²) in [6, 6.07) is 16.9. The zero-order chi connectivity index (χ0) is 21.6. The van der Waals surface area contributed by atoms with Gasteiger partial charge in [-0.15, -0.1) is 0 Å². The van der Waals surface area contributed by atoms with Gasteiger partial charge in [0.05, 0.1) is 5.54 Å². The molecule has 1 saturated heterocycles. The van der Waals surface area contributed by atoms with Gasteiger partial charge in [-0.05, 0) is 85.9 Å². The number of carbonyl (C=O) groups is 1. The van der Waals surface area contributed by atoms with Gasteiger partial charge < -0.3 is 10.1 Å². The van der Waals surface area contributed by atoms with Gasteiger partial charge in [-0.3, -0.25) is 9.69 Å². The molecule has 160 valence electrons. The highest BCUT2D eigenvalue weighted by Gasteiger charge is 2.46. The second kappa shape index (κ2) is 7.65. The van der Waals surface area contributed by atoms with E-state index in [-0.39, 0.29) is 11.7 Å². The number of nitrogens with one attached hydrogen (secondary N) is 1. The minimum absolute atomic E-state index is 0.0969. The molecule has 1 atom stereocenters. The highest BCUT2D eigenvalue weighted by molar-refractivity contribution is 5.97. The van der Waals surface area contributed by atoms with E-state index in [1.165, 1.54) is 6.07 Å². The third-order valence-electron chi connectivity index (χ3n) is 6.80. The van der Waals surface area contributed by atoms with Crippen molar-refractivity contribution in [2.24, 2.45) is 0 Å². The molecule has 5 heteroatoms. The number of benzene rings is 3. The topological polar surface area (TPSA) is 41.6 Å². The summed E-state index contributed by atoms with van der Waals surface area (Å²) in [5.74, 6) is 0.376. The van der Waals surface area contributed by atoms with E-state index < -0.39 is 5.54 Å². The van der Waals surface area contributed by atoms with Crippen LogP contribution in [0.25, 0.3) is 10.8 Å². The van der Waals surface area contributed by atoms with E-state index in [1.807, 2.05) is 49.4 Å². The molecule has 0 radical (unpaired) electrons. The van der Waals surface area contributed by atoms with Gasteiger partial charge in [0.2, 0.25) is 0 Å². The Bertz CT molecular complexity index is 1160. The number of carbonyl (C=O) groups excluding carboxylic acids is 1. The maximum atomic E-state index is 13.7. The van der Waals surface area contributed by atoms with Crippen molar-refractivity contribution in [3.05, 3.63) is 77.1 Å². The van der Waals surface area contributed by atoms with Crippen molar-refractivity contribution in [3.8, 4) is 5.75 Å². The molecule has 0 spiro atoms. The number of hydrogen-bond acceptors (Lipinski definition) is 3. The van der Waals surface area contributed by atoms with Crippen molar-refractivity contribution >= 4 is 16.7 Å².